The van der Waals surface area contributed by atoms with Crippen LogP contribution in [0.15, 0.2) is 122 Å². The number of hydrogen-bond acceptors (Lipinski definition) is 28. The number of hydrogen-bond donors (Lipinski definition) is 8. The Labute approximate surface area is 566 Å². The lowest BCUT2D eigenvalue weighted by atomic mass is 10.1. The number of nitrogens with zero attached hydrogens (tertiary/aromatic N) is 18. The minimum Gasteiger partial charge on any atom is -0.453 e. The van der Waals surface area contributed by atoms with Gasteiger partial charge in [0.2, 0.25) is 0 Å². The van der Waals surface area contributed by atoms with E-state index < -0.39 is 6.09 Å². The summed E-state index contributed by atoms with van der Waals surface area (Å²) in [6, 6.07) is 23.8. The van der Waals surface area contributed by atoms with Crippen LogP contribution < -0.4 is 45.5 Å². The van der Waals surface area contributed by atoms with Crippen molar-refractivity contribution in [3.05, 3.63) is 110 Å². The Kier molecular flexibility index (Phi) is 16.6. The second-order valence-electron chi connectivity index (χ2n) is 24.4. The molecule has 17 rings (SSSR count). The zero-order valence-corrected chi connectivity index (χ0v) is 55.4. The van der Waals surface area contributed by atoms with Gasteiger partial charge in [0.25, 0.3) is 18.0 Å². The predicted molar refractivity (Wildman–Crippen MR) is 380 cm³/mol. The number of oxazole rings is 3. The van der Waals surface area contributed by atoms with Crippen molar-refractivity contribution < 1.29 is 32.0 Å². The van der Waals surface area contributed by atoms with E-state index in [1.54, 1.807) is 10.7 Å². The van der Waals surface area contributed by atoms with Gasteiger partial charge in [-0.15, -0.1) is 0 Å². The number of carbonyl (C=O) groups is 1. The number of anilines is 8. The maximum Gasteiger partial charge on any atom is 0.412 e. The second-order valence-corrected chi connectivity index (χ2v) is 24.4. The number of amides is 1. The van der Waals surface area contributed by atoms with Crippen LogP contribution in [0.1, 0.15) is 84.4 Å². The molecule has 1 aliphatic heterocycles. The SMILES string of the molecule is CC(C)n1cc(-c2ccc3oc(N)nc3c2)c2c(N)ncnc21.COC(=O)Nc1noc2ccc(-c3nn(C(C)C)c4ncnc(N)c34)cc12.Cc1nc(N)c2c(-c3ccc4oc(N)nc4c3)nn(C(C)C)c2n1.Nc1nc2cc(-c3cn(C4CCOCC4)c4ncnc(N)c34)ccc2o1. The highest BCUT2D eigenvalue weighted by Crippen LogP contribution is 2.41. The highest BCUT2D eigenvalue weighted by atomic mass is 16.5. The Morgan fingerprint density at radius 3 is 1.54 bits per heavy atom. The Morgan fingerprint density at radius 1 is 0.520 bits per heavy atom. The van der Waals surface area contributed by atoms with E-state index in [4.69, 9.17) is 67.7 Å². The molecule has 4 aromatic carbocycles. The summed E-state index contributed by atoms with van der Waals surface area (Å²) in [5.41, 5.74) is 56.0. The van der Waals surface area contributed by atoms with E-state index in [0.29, 0.717) is 96.1 Å². The van der Waals surface area contributed by atoms with E-state index >= 15 is 0 Å². The van der Waals surface area contributed by atoms with E-state index in [0.717, 1.165) is 98.2 Å². The van der Waals surface area contributed by atoms with Crippen molar-refractivity contribution in [1.29, 1.82) is 0 Å². The number of methoxy groups -OCH3 is 1. The van der Waals surface area contributed by atoms with E-state index in [1.807, 2.05) is 112 Å². The maximum atomic E-state index is 11.5. The molecule has 0 bridgehead atoms. The molecule has 33 heteroatoms. The van der Waals surface area contributed by atoms with Gasteiger partial charge < -0.3 is 76.5 Å². The minimum absolute atomic E-state index is 0.0893. The molecule has 0 unspecified atom stereocenters. The van der Waals surface area contributed by atoms with Crippen molar-refractivity contribution in [2.45, 2.75) is 85.5 Å². The summed E-state index contributed by atoms with van der Waals surface area (Å²) in [5, 5.41) is 19.5. The molecule has 0 saturated carbocycles. The Balaban J connectivity index is 0.000000114. The number of fused-ring (bicyclic) bond motifs is 8. The normalized spacial score (nSPS) is 12.8. The van der Waals surface area contributed by atoms with Gasteiger partial charge in [-0.25, -0.2) is 54.0 Å². The van der Waals surface area contributed by atoms with Gasteiger partial charge in [0.05, 0.1) is 34.0 Å². The molecule has 0 atom stereocenters. The van der Waals surface area contributed by atoms with Crippen LogP contribution in [0, 0.1) is 6.92 Å². The van der Waals surface area contributed by atoms with E-state index in [-0.39, 0.29) is 42.0 Å². The highest BCUT2D eigenvalue weighted by molar-refractivity contribution is 6.05. The van der Waals surface area contributed by atoms with Gasteiger partial charge in [0, 0.05) is 72.0 Å². The van der Waals surface area contributed by atoms with Crippen LogP contribution >= 0.6 is 0 Å². The van der Waals surface area contributed by atoms with Gasteiger partial charge >= 0.3 is 6.09 Å². The molecule has 1 amide bonds. The lowest BCUT2D eigenvalue weighted by Gasteiger charge is -2.24. The molecule has 0 radical (unpaired) electrons. The molecular formula is C67H68N26O7. The molecule has 1 aliphatic rings. The van der Waals surface area contributed by atoms with Crippen molar-refractivity contribution in [3.63, 3.8) is 0 Å². The molecule has 16 aromatic rings. The zero-order valence-electron chi connectivity index (χ0n) is 55.4. The van der Waals surface area contributed by atoms with Crippen LogP contribution in [0.4, 0.5) is 51.9 Å². The topological polar surface area (TPSA) is 482 Å². The first-order valence-electron chi connectivity index (χ1n) is 31.7. The van der Waals surface area contributed by atoms with Crippen molar-refractivity contribution in [3.8, 4) is 44.8 Å². The van der Waals surface area contributed by atoms with Crippen molar-refractivity contribution in [2.75, 3.05) is 65.8 Å². The lowest BCUT2D eigenvalue weighted by molar-refractivity contribution is 0.0706. The summed E-state index contributed by atoms with van der Waals surface area (Å²) in [4.78, 5) is 58.6. The molecule has 0 spiro atoms. The van der Waals surface area contributed by atoms with Crippen LogP contribution in [-0.4, -0.2) is 115 Å². The predicted octanol–water partition coefficient (Wildman–Crippen LogP) is 11.4. The molecule has 12 aromatic heterocycles. The number of aryl methyl sites for hydroxylation is 1. The summed E-state index contributed by atoms with van der Waals surface area (Å²) in [7, 11) is 1.27. The number of aromatic nitrogens is 18. The average Bonchev–Trinajstić information content (AvgIpc) is 1.63. The highest BCUT2D eigenvalue weighted by Gasteiger charge is 2.26. The largest absolute Gasteiger partial charge is 0.453 e. The Bertz CT molecular complexity index is 5790. The lowest BCUT2D eigenvalue weighted by Crippen LogP contribution is -2.19. The standard InChI is InChI=1S/C18H18N6O2.C17H17N7O3.C16H17N7O.C16H16N6O/c19-16-15-12(10-1-2-14-13(7-10)23-18(20)26-14)8-24(17(15)22-9-21-16)11-3-5-25-6-4-11;1-8(2)24-16-12(14(18)19-7-20-16)13(22-24)9-4-5-11-10(6-9)15(23-27-11)21-17(25)26-3;1-7(2)23-15-12(14(17)19-8(3)20-15)13(22-23)9-4-5-11-10(6-9)21-16(18)24-11;1-8(2)22-6-10(13-14(17)19-7-20-15(13)22)9-3-4-12-11(5-9)21-16(18)23-12/h1-2,7-9,11H,3-6H2,(H2,20,23)(H2,19,21,22);4-8H,1-3H3,(H2,18,19,20)(H,21,23,25);4-7H,1-3H3,(H2,18,21)(H2,17,19,20);3-8H,1-2H3,(H2,18,21)(H2,17,19,20). The first-order chi connectivity index (χ1) is 48.2. The number of nitrogens with one attached hydrogen (secondary N) is 1. The van der Waals surface area contributed by atoms with Crippen LogP contribution in [0.5, 0.6) is 0 Å². The fourth-order valence-electron chi connectivity index (χ4n) is 12.2. The van der Waals surface area contributed by atoms with E-state index in [9.17, 15) is 4.79 Å². The summed E-state index contributed by atoms with van der Waals surface area (Å²) in [6.45, 7) is 15.6. The van der Waals surface area contributed by atoms with Gasteiger partial charge in [0.15, 0.2) is 39.4 Å². The third-order valence-corrected chi connectivity index (χ3v) is 16.9. The van der Waals surface area contributed by atoms with E-state index in [1.165, 1.54) is 26.1 Å². The fraction of sp³-hybridized carbons (Fsp3) is 0.239. The van der Waals surface area contributed by atoms with Crippen molar-refractivity contribution >= 4 is 142 Å². The average molecular weight is 1350 g/mol. The fourth-order valence-corrected chi connectivity index (χ4v) is 12.2. The van der Waals surface area contributed by atoms with E-state index in [2.05, 4.69) is 104 Å². The summed E-state index contributed by atoms with van der Waals surface area (Å²) in [5.74, 6) is 2.57. The molecule has 15 N–H and O–H groups in total. The smallest absolute Gasteiger partial charge is 0.412 e. The molecule has 0 aliphatic carbocycles. The molecule has 13 heterocycles. The summed E-state index contributed by atoms with van der Waals surface area (Å²) < 4.78 is 39.3. The summed E-state index contributed by atoms with van der Waals surface area (Å²) in [6.07, 6.45) is 9.84. The van der Waals surface area contributed by atoms with Gasteiger partial charge in [-0.2, -0.15) is 25.1 Å². The molecule has 1 fully saturated rings. The molecule has 100 heavy (non-hydrogen) atoms. The van der Waals surface area contributed by atoms with Gasteiger partial charge in [-0.05, 0) is 133 Å². The minimum atomic E-state index is -0.636. The van der Waals surface area contributed by atoms with Gasteiger partial charge in [0.1, 0.15) is 87.3 Å². The second kappa shape index (κ2) is 25.8. The first kappa shape index (κ1) is 64.3. The number of rotatable bonds is 9. The van der Waals surface area contributed by atoms with Crippen LogP contribution in [0.2, 0.25) is 0 Å². The van der Waals surface area contributed by atoms with Crippen molar-refractivity contribution in [2.24, 2.45) is 0 Å². The molecule has 33 nitrogen and oxygen atoms in total. The number of benzene rings is 4. The first-order valence-corrected chi connectivity index (χ1v) is 31.7. The Morgan fingerprint density at radius 2 is 0.990 bits per heavy atom. The Hall–Kier alpha value is -13.1. The van der Waals surface area contributed by atoms with Crippen molar-refractivity contribution in [1.82, 2.24) is 88.7 Å². The number of carbonyl (C=O) groups excluding carboxylic acids is 1. The van der Waals surface area contributed by atoms with Crippen LogP contribution in [0.3, 0.4) is 0 Å². The number of nitrogen functional groups attached to an aromatic ring is 7. The van der Waals surface area contributed by atoms with Gasteiger partial charge in [-0.1, -0.05) is 17.3 Å². The quantitative estimate of drug-likeness (QED) is 0.0665. The monoisotopic (exact) mass is 1350 g/mol. The van der Waals surface area contributed by atoms with Crippen LogP contribution in [-0.2, 0) is 9.47 Å². The third-order valence-electron chi connectivity index (χ3n) is 16.9. The maximum absolute atomic E-state index is 11.5. The molecule has 508 valence electrons. The van der Waals surface area contributed by atoms with Crippen LogP contribution in [0.25, 0.3) is 133 Å². The molecule has 1 saturated heterocycles. The zero-order chi connectivity index (χ0) is 69.9. The number of nitrogens with two attached hydrogens (primary N) is 7. The van der Waals surface area contributed by atoms with Gasteiger partial charge in [-0.3, -0.25) is 5.32 Å². The number of ether oxygens (including phenoxy) is 2. The molecular weight excluding hydrogens is 1280 g/mol. The summed E-state index contributed by atoms with van der Waals surface area (Å²) >= 11 is 0. The third kappa shape index (κ3) is 11.9.